The minimum atomic E-state index is -0.150. The largest absolute Gasteiger partial charge is 0.462 e. The van der Waals surface area contributed by atoms with Crippen molar-refractivity contribution in [3.8, 4) is 0 Å². The highest BCUT2D eigenvalue weighted by atomic mass is 16.5. The van der Waals surface area contributed by atoms with E-state index in [4.69, 9.17) is 4.74 Å². The molecule has 0 radical (unpaired) electrons. The molecule has 2 rings (SSSR count). The molecule has 2 heteroatoms. The number of fused-ring (bicyclic) bond motifs is 1. The van der Waals surface area contributed by atoms with E-state index in [2.05, 4.69) is 39.5 Å². The average molecular weight is 300 g/mol. The molecule has 120 valence electrons. The van der Waals surface area contributed by atoms with Gasteiger partial charge in [0.05, 0.1) is 6.61 Å². The van der Waals surface area contributed by atoms with E-state index in [1.807, 2.05) is 12.2 Å². The summed E-state index contributed by atoms with van der Waals surface area (Å²) in [5, 5.41) is 0. The fourth-order valence-corrected chi connectivity index (χ4v) is 3.24. The summed E-state index contributed by atoms with van der Waals surface area (Å²) in [6.07, 6.45) is 12.5. The number of carbonyl (C=O) groups is 1. The summed E-state index contributed by atoms with van der Waals surface area (Å²) >= 11 is 0. The van der Waals surface area contributed by atoms with Crippen molar-refractivity contribution in [1.82, 2.24) is 0 Å². The Labute approximate surface area is 134 Å². The normalized spacial score (nSPS) is 31.3. The lowest BCUT2D eigenvalue weighted by atomic mass is 9.76. The lowest BCUT2D eigenvalue weighted by Gasteiger charge is -2.34. The van der Waals surface area contributed by atoms with Crippen LogP contribution in [0.5, 0.6) is 0 Å². The zero-order chi connectivity index (χ0) is 16.1. The summed E-state index contributed by atoms with van der Waals surface area (Å²) in [6, 6.07) is 0. The van der Waals surface area contributed by atoms with Crippen molar-refractivity contribution in [2.24, 2.45) is 17.8 Å². The van der Waals surface area contributed by atoms with Crippen LogP contribution < -0.4 is 0 Å². The molecule has 0 amide bonds. The molecule has 0 unspecified atom stereocenters. The average Bonchev–Trinajstić information content (AvgIpc) is 2.52. The quantitative estimate of drug-likeness (QED) is 0.408. The molecule has 1 aliphatic carbocycles. The Morgan fingerprint density at radius 1 is 1.32 bits per heavy atom. The molecular weight excluding hydrogens is 272 g/mol. The number of carbonyl (C=O) groups excluding carboxylic acids is 1. The van der Waals surface area contributed by atoms with E-state index in [1.165, 1.54) is 11.1 Å². The molecule has 0 spiro atoms. The van der Waals surface area contributed by atoms with Crippen LogP contribution >= 0.6 is 0 Å². The van der Waals surface area contributed by atoms with Gasteiger partial charge in [0, 0.05) is 17.4 Å². The number of rotatable bonds is 2. The van der Waals surface area contributed by atoms with Gasteiger partial charge in [0.2, 0.25) is 0 Å². The van der Waals surface area contributed by atoms with Gasteiger partial charge < -0.3 is 4.74 Å². The Balaban J connectivity index is 2.28. The lowest BCUT2D eigenvalue weighted by Crippen LogP contribution is -2.34. The van der Waals surface area contributed by atoms with Crippen molar-refractivity contribution in [1.29, 1.82) is 0 Å². The fourth-order valence-electron chi connectivity index (χ4n) is 3.24. The van der Waals surface area contributed by atoms with Gasteiger partial charge in [-0.3, -0.25) is 0 Å². The van der Waals surface area contributed by atoms with Gasteiger partial charge in [-0.2, -0.15) is 0 Å². The van der Waals surface area contributed by atoms with Gasteiger partial charge in [0.1, 0.15) is 0 Å². The SMILES string of the molecule is C=C1CC/C=C(\C)CC[C@@H]2/C(=C\C=C\C(C)C)C(=O)OC[C@@H]12. The van der Waals surface area contributed by atoms with Gasteiger partial charge in [-0.1, -0.05) is 55.9 Å². The van der Waals surface area contributed by atoms with Gasteiger partial charge in [0.25, 0.3) is 0 Å². The molecule has 1 fully saturated rings. The molecule has 2 atom stereocenters. The van der Waals surface area contributed by atoms with Gasteiger partial charge >= 0.3 is 5.97 Å². The van der Waals surface area contributed by atoms with Crippen molar-refractivity contribution in [3.05, 3.63) is 47.6 Å². The van der Waals surface area contributed by atoms with Crippen LogP contribution in [-0.4, -0.2) is 12.6 Å². The van der Waals surface area contributed by atoms with Crippen LogP contribution in [0.15, 0.2) is 47.6 Å². The molecule has 0 N–H and O–H groups in total. The van der Waals surface area contributed by atoms with Crippen molar-refractivity contribution in [3.63, 3.8) is 0 Å². The van der Waals surface area contributed by atoms with E-state index in [9.17, 15) is 4.79 Å². The molecule has 2 aliphatic rings. The van der Waals surface area contributed by atoms with Crippen molar-refractivity contribution < 1.29 is 9.53 Å². The molecule has 0 bridgehead atoms. The van der Waals surface area contributed by atoms with E-state index >= 15 is 0 Å². The standard InChI is InChI=1S/C20H28O2/c1-14(2)7-5-10-18-17-12-11-15(3)8-6-9-16(4)19(17)13-22-20(18)21/h5,7-8,10,14,17,19H,4,6,9,11-13H2,1-3H3/b7-5+,15-8+,18-10+/t17-,19+/m1/s1. The molecule has 0 saturated carbocycles. The number of allylic oxidation sites excluding steroid dienone is 5. The maximum atomic E-state index is 12.2. The fraction of sp³-hybridized carbons (Fsp3) is 0.550. The second kappa shape index (κ2) is 7.62. The van der Waals surface area contributed by atoms with Crippen LogP contribution in [0.3, 0.4) is 0 Å². The number of cyclic esters (lactones) is 1. The molecule has 22 heavy (non-hydrogen) atoms. The molecule has 2 nitrogen and oxygen atoms in total. The smallest absolute Gasteiger partial charge is 0.334 e. The van der Waals surface area contributed by atoms with Crippen LogP contribution in [0.2, 0.25) is 0 Å². The van der Waals surface area contributed by atoms with Crippen molar-refractivity contribution >= 4 is 5.97 Å². The molecule has 0 aromatic heterocycles. The molecule has 0 aromatic carbocycles. The van der Waals surface area contributed by atoms with Gasteiger partial charge in [-0.25, -0.2) is 4.79 Å². The predicted octanol–water partition coefficient (Wildman–Crippen LogP) is 4.99. The summed E-state index contributed by atoms with van der Waals surface area (Å²) in [6.45, 7) is 11.2. The Kier molecular flexibility index (Phi) is 5.82. The summed E-state index contributed by atoms with van der Waals surface area (Å²) < 4.78 is 5.43. The third kappa shape index (κ3) is 4.22. The number of ether oxygens (including phenoxy) is 1. The van der Waals surface area contributed by atoms with E-state index < -0.39 is 0 Å². The van der Waals surface area contributed by atoms with Crippen LogP contribution in [0.4, 0.5) is 0 Å². The van der Waals surface area contributed by atoms with Crippen LogP contribution in [0.1, 0.15) is 46.5 Å². The summed E-state index contributed by atoms with van der Waals surface area (Å²) in [5.74, 6) is 0.846. The topological polar surface area (TPSA) is 26.3 Å². The Morgan fingerprint density at radius 3 is 2.82 bits per heavy atom. The first-order valence-corrected chi connectivity index (χ1v) is 8.38. The predicted molar refractivity (Wildman–Crippen MR) is 91.4 cm³/mol. The Bertz CT molecular complexity index is 520. The highest BCUT2D eigenvalue weighted by Gasteiger charge is 2.36. The van der Waals surface area contributed by atoms with Crippen LogP contribution in [0.25, 0.3) is 0 Å². The van der Waals surface area contributed by atoms with E-state index in [0.717, 1.165) is 31.3 Å². The first-order chi connectivity index (χ1) is 10.5. The molecular formula is C20H28O2. The molecule has 0 aromatic rings. The van der Waals surface area contributed by atoms with Crippen LogP contribution in [0, 0.1) is 17.8 Å². The van der Waals surface area contributed by atoms with E-state index in [-0.39, 0.29) is 17.8 Å². The molecule has 1 aliphatic heterocycles. The Morgan fingerprint density at radius 2 is 2.09 bits per heavy atom. The third-order valence-electron chi connectivity index (χ3n) is 4.62. The second-order valence-electron chi connectivity index (χ2n) is 6.85. The monoisotopic (exact) mass is 300 g/mol. The minimum absolute atomic E-state index is 0.150. The molecule has 1 saturated heterocycles. The zero-order valence-corrected chi connectivity index (χ0v) is 14.1. The van der Waals surface area contributed by atoms with Gasteiger partial charge in [0.15, 0.2) is 0 Å². The highest BCUT2D eigenvalue weighted by molar-refractivity contribution is 5.90. The third-order valence-corrected chi connectivity index (χ3v) is 4.62. The van der Waals surface area contributed by atoms with Crippen molar-refractivity contribution in [2.75, 3.05) is 6.61 Å². The van der Waals surface area contributed by atoms with Crippen LogP contribution in [-0.2, 0) is 9.53 Å². The number of hydrogen-bond donors (Lipinski definition) is 0. The maximum Gasteiger partial charge on any atom is 0.334 e. The van der Waals surface area contributed by atoms with E-state index in [0.29, 0.717) is 12.5 Å². The number of esters is 1. The number of hydrogen-bond acceptors (Lipinski definition) is 2. The van der Waals surface area contributed by atoms with E-state index in [1.54, 1.807) is 0 Å². The zero-order valence-electron chi connectivity index (χ0n) is 14.1. The minimum Gasteiger partial charge on any atom is -0.462 e. The summed E-state index contributed by atoms with van der Waals surface area (Å²) in [7, 11) is 0. The summed E-state index contributed by atoms with van der Waals surface area (Å²) in [4.78, 5) is 12.2. The Hall–Kier alpha value is -1.57. The lowest BCUT2D eigenvalue weighted by molar-refractivity contribution is -0.144. The second-order valence-corrected chi connectivity index (χ2v) is 6.85. The highest BCUT2D eigenvalue weighted by Crippen LogP contribution is 2.38. The first-order valence-electron chi connectivity index (χ1n) is 8.38. The molecule has 1 heterocycles. The van der Waals surface area contributed by atoms with Gasteiger partial charge in [-0.05, 0) is 38.5 Å². The first kappa shape index (κ1) is 16.8. The van der Waals surface area contributed by atoms with Gasteiger partial charge in [-0.15, -0.1) is 0 Å². The maximum absolute atomic E-state index is 12.2. The van der Waals surface area contributed by atoms with Crippen molar-refractivity contribution in [2.45, 2.75) is 46.5 Å². The summed E-state index contributed by atoms with van der Waals surface area (Å²) in [5.41, 5.74) is 3.47.